The summed E-state index contributed by atoms with van der Waals surface area (Å²) in [6.07, 6.45) is 7.58. The maximum Gasteiger partial charge on any atom is 0.121 e. The quantitative estimate of drug-likeness (QED) is 0.837. The van der Waals surface area contributed by atoms with E-state index in [0.29, 0.717) is 6.61 Å². The molecular formula is C16H24N6O. The van der Waals surface area contributed by atoms with Gasteiger partial charge in [0.2, 0.25) is 0 Å². The maximum atomic E-state index is 5.97. The highest BCUT2D eigenvalue weighted by Crippen LogP contribution is 2.23. The third kappa shape index (κ3) is 3.73. The Kier molecular flexibility index (Phi) is 5.30. The summed E-state index contributed by atoms with van der Waals surface area (Å²) >= 11 is 0. The largest absolute Gasteiger partial charge is 0.369 e. The first-order valence-corrected chi connectivity index (χ1v) is 8.31. The van der Waals surface area contributed by atoms with Crippen molar-refractivity contribution in [3.05, 3.63) is 24.4 Å². The standard InChI is InChI=1S/C16H24N6O/c1-3-12(4-2)5-17-8-14-9-22-15(10-23-14)16(20-21-22)13-6-18-11-19-7-13/h6-7,11-12,14,17H,3-5,8-10H2,1-2H3. The number of nitrogens with zero attached hydrogens (tertiary/aromatic N) is 5. The van der Waals surface area contributed by atoms with Gasteiger partial charge in [-0.2, -0.15) is 0 Å². The van der Waals surface area contributed by atoms with Crippen LogP contribution in [0.15, 0.2) is 18.7 Å². The Labute approximate surface area is 136 Å². The van der Waals surface area contributed by atoms with Crippen molar-refractivity contribution in [2.75, 3.05) is 13.1 Å². The molecule has 1 atom stereocenters. The molecule has 3 heterocycles. The van der Waals surface area contributed by atoms with E-state index in [1.807, 2.05) is 4.68 Å². The topological polar surface area (TPSA) is 77.8 Å². The number of hydrogen-bond donors (Lipinski definition) is 1. The van der Waals surface area contributed by atoms with Gasteiger partial charge in [-0.3, -0.25) is 0 Å². The molecule has 0 bridgehead atoms. The van der Waals surface area contributed by atoms with E-state index in [4.69, 9.17) is 4.74 Å². The van der Waals surface area contributed by atoms with Gasteiger partial charge < -0.3 is 10.1 Å². The molecule has 7 nitrogen and oxygen atoms in total. The van der Waals surface area contributed by atoms with E-state index in [9.17, 15) is 0 Å². The zero-order valence-electron chi connectivity index (χ0n) is 13.8. The molecule has 23 heavy (non-hydrogen) atoms. The number of fused-ring (bicyclic) bond motifs is 1. The van der Waals surface area contributed by atoms with Crippen LogP contribution in [-0.2, 0) is 17.9 Å². The Hall–Kier alpha value is -1.86. The van der Waals surface area contributed by atoms with Crippen LogP contribution < -0.4 is 5.32 Å². The molecule has 1 unspecified atom stereocenters. The van der Waals surface area contributed by atoms with Gasteiger partial charge in [0, 0.05) is 24.5 Å². The van der Waals surface area contributed by atoms with Crippen molar-refractivity contribution in [2.24, 2.45) is 5.92 Å². The van der Waals surface area contributed by atoms with Crippen molar-refractivity contribution in [3.63, 3.8) is 0 Å². The molecular weight excluding hydrogens is 292 g/mol. The van der Waals surface area contributed by atoms with Gasteiger partial charge in [-0.15, -0.1) is 5.10 Å². The van der Waals surface area contributed by atoms with E-state index in [-0.39, 0.29) is 6.10 Å². The van der Waals surface area contributed by atoms with Crippen LogP contribution in [0.25, 0.3) is 11.3 Å². The normalized spacial score (nSPS) is 17.4. The van der Waals surface area contributed by atoms with Gasteiger partial charge in [-0.1, -0.05) is 31.9 Å². The molecule has 7 heteroatoms. The smallest absolute Gasteiger partial charge is 0.121 e. The first-order valence-electron chi connectivity index (χ1n) is 8.31. The van der Waals surface area contributed by atoms with E-state index in [0.717, 1.165) is 42.5 Å². The monoisotopic (exact) mass is 316 g/mol. The van der Waals surface area contributed by atoms with Crippen molar-refractivity contribution in [1.82, 2.24) is 30.3 Å². The molecule has 0 spiro atoms. The van der Waals surface area contributed by atoms with E-state index >= 15 is 0 Å². The fourth-order valence-corrected chi connectivity index (χ4v) is 2.86. The fraction of sp³-hybridized carbons (Fsp3) is 0.625. The van der Waals surface area contributed by atoms with Crippen molar-refractivity contribution >= 4 is 0 Å². The molecule has 1 N–H and O–H groups in total. The summed E-state index contributed by atoms with van der Waals surface area (Å²) in [6, 6.07) is 0. The number of ether oxygens (including phenoxy) is 1. The lowest BCUT2D eigenvalue weighted by Gasteiger charge is -2.25. The van der Waals surface area contributed by atoms with Crippen molar-refractivity contribution in [2.45, 2.75) is 45.9 Å². The Morgan fingerprint density at radius 1 is 1.30 bits per heavy atom. The lowest BCUT2D eigenvalue weighted by Crippen LogP contribution is -2.38. The molecule has 0 fully saturated rings. The Morgan fingerprint density at radius 2 is 2.09 bits per heavy atom. The van der Waals surface area contributed by atoms with Gasteiger partial charge in [-0.05, 0) is 12.5 Å². The molecule has 0 saturated carbocycles. The Morgan fingerprint density at radius 3 is 2.83 bits per heavy atom. The summed E-state index contributed by atoms with van der Waals surface area (Å²) in [5.41, 5.74) is 2.69. The fourth-order valence-electron chi connectivity index (χ4n) is 2.86. The van der Waals surface area contributed by atoms with E-state index in [2.05, 4.69) is 39.4 Å². The van der Waals surface area contributed by atoms with Crippen LogP contribution in [0.3, 0.4) is 0 Å². The minimum atomic E-state index is 0.137. The maximum absolute atomic E-state index is 5.97. The highest BCUT2D eigenvalue weighted by Gasteiger charge is 2.24. The minimum absolute atomic E-state index is 0.137. The molecule has 1 aliphatic heterocycles. The zero-order chi connectivity index (χ0) is 16.1. The van der Waals surface area contributed by atoms with Gasteiger partial charge in [0.15, 0.2) is 0 Å². The molecule has 0 radical (unpaired) electrons. The summed E-state index contributed by atoms with van der Waals surface area (Å²) in [5.74, 6) is 0.741. The minimum Gasteiger partial charge on any atom is -0.369 e. The second-order valence-electron chi connectivity index (χ2n) is 5.97. The van der Waals surface area contributed by atoms with Crippen molar-refractivity contribution in [3.8, 4) is 11.3 Å². The molecule has 0 saturated heterocycles. The van der Waals surface area contributed by atoms with Crippen LogP contribution >= 0.6 is 0 Å². The molecule has 0 aliphatic carbocycles. The zero-order valence-corrected chi connectivity index (χ0v) is 13.8. The van der Waals surface area contributed by atoms with Gasteiger partial charge in [0.1, 0.15) is 12.0 Å². The second-order valence-corrected chi connectivity index (χ2v) is 5.97. The number of nitrogens with one attached hydrogen (secondary N) is 1. The average Bonchev–Trinajstić information content (AvgIpc) is 3.03. The summed E-state index contributed by atoms with van der Waals surface area (Å²) in [7, 11) is 0. The summed E-state index contributed by atoms with van der Waals surface area (Å²) in [4.78, 5) is 8.08. The van der Waals surface area contributed by atoms with Crippen LogP contribution in [0, 0.1) is 5.92 Å². The van der Waals surface area contributed by atoms with Gasteiger partial charge in [0.25, 0.3) is 0 Å². The third-order valence-corrected chi connectivity index (χ3v) is 4.46. The lowest BCUT2D eigenvalue weighted by molar-refractivity contribution is 0.000997. The SMILES string of the molecule is CCC(CC)CNCC1Cn2nnc(-c3cncnc3)c2CO1. The van der Waals surface area contributed by atoms with Gasteiger partial charge in [-0.25, -0.2) is 14.6 Å². The summed E-state index contributed by atoms with van der Waals surface area (Å²) in [5, 5.41) is 12.1. The Balaban J connectivity index is 1.59. The average molecular weight is 316 g/mol. The molecule has 0 aromatic carbocycles. The van der Waals surface area contributed by atoms with Gasteiger partial charge >= 0.3 is 0 Å². The van der Waals surface area contributed by atoms with Crippen LogP contribution in [-0.4, -0.2) is 44.2 Å². The predicted octanol–water partition coefficient (Wildman–Crippen LogP) is 1.66. The summed E-state index contributed by atoms with van der Waals surface area (Å²) in [6.45, 7) is 7.62. The van der Waals surface area contributed by atoms with Crippen LogP contribution in [0.2, 0.25) is 0 Å². The van der Waals surface area contributed by atoms with Crippen LogP contribution in [0.1, 0.15) is 32.4 Å². The molecule has 1 aliphatic rings. The molecule has 0 amide bonds. The highest BCUT2D eigenvalue weighted by atomic mass is 16.5. The van der Waals surface area contributed by atoms with Crippen molar-refractivity contribution < 1.29 is 4.74 Å². The number of aromatic nitrogens is 5. The molecule has 3 rings (SSSR count). The first kappa shape index (κ1) is 16.0. The van der Waals surface area contributed by atoms with Crippen LogP contribution in [0.5, 0.6) is 0 Å². The van der Waals surface area contributed by atoms with E-state index in [1.165, 1.54) is 19.2 Å². The predicted molar refractivity (Wildman–Crippen MR) is 86.6 cm³/mol. The Bertz CT molecular complexity index is 610. The number of rotatable bonds is 7. The molecule has 124 valence electrons. The lowest BCUT2D eigenvalue weighted by atomic mass is 10.0. The van der Waals surface area contributed by atoms with E-state index in [1.54, 1.807) is 12.4 Å². The first-order chi connectivity index (χ1) is 11.3. The molecule has 2 aromatic heterocycles. The van der Waals surface area contributed by atoms with Crippen molar-refractivity contribution in [1.29, 1.82) is 0 Å². The van der Waals surface area contributed by atoms with E-state index < -0.39 is 0 Å². The summed E-state index contributed by atoms with van der Waals surface area (Å²) < 4.78 is 7.91. The highest BCUT2D eigenvalue weighted by molar-refractivity contribution is 5.58. The van der Waals surface area contributed by atoms with Gasteiger partial charge in [0.05, 0.1) is 24.9 Å². The number of hydrogen-bond acceptors (Lipinski definition) is 6. The molecule has 2 aromatic rings. The third-order valence-electron chi connectivity index (χ3n) is 4.46. The van der Waals surface area contributed by atoms with Crippen LogP contribution in [0.4, 0.5) is 0 Å². The second kappa shape index (κ2) is 7.61.